The highest BCUT2D eigenvalue weighted by Gasteiger charge is 2.23. The van der Waals surface area contributed by atoms with Crippen LogP contribution in [0.3, 0.4) is 0 Å². The smallest absolute Gasteiger partial charge is 0.320 e. The molecule has 1 atom stereocenters. The number of anilines is 1. The Kier molecular flexibility index (Phi) is 8.07. The average Bonchev–Trinajstić information content (AvgIpc) is 3.17. The van der Waals surface area contributed by atoms with Crippen LogP contribution in [0.2, 0.25) is 0 Å². The summed E-state index contributed by atoms with van der Waals surface area (Å²) in [5, 5.41) is 15.5. The first kappa shape index (κ1) is 23.6. The van der Waals surface area contributed by atoms with Crippen molar-refractivity contribution < 1.29 is 24.2 Å². The highest BCUT2D eigenvalue weighted by atomic mass is 32.1. The Balaban J connectivity index is 1.58. The zero-order valence-corrected chi connectivity index (χ0v) is 18.5. The summed E-state index contributed by atoms with van der Waals surface area (Å²) in [7, 11) is 0. The third-order valence-electron chi connectivity index (χ3n) is 5.39. The van der Waals surface area contributed by atoms with Crippen molar-refractivity contribution in [3.8, 4) is 16.2 Å². The minimum absolute atomic E-state index is 0.189. The summed E-state index contributed by atoms with van der Waals surface area (Å²) in [5.41, 5.74) is 11.5. The highest BCUT2D eigenvalue weighted by Crippen LogP contribution is 2.36. The summed E-state index contributed by atoms with van der Waals surface area (Å²) in [5.74, 6) is -0.915. The van der Waals surface area contributed by atoms with Crippen molar-refractivity contribution in [1.29, 1.82) is 0 Å². The van der Waals surface area contributed by atoms with E-state index in [1.54, 1.807) is 18.2 Å². The topological polar surface area (TPSA) is 157 Å². The fourth-order valence-electron chi connectivity index (χ4n) is 3.76. The van der Waals surface area contributed by atoms with E-state index >= 15 is 0 Å². The van der Waals surface area contributed by atoms with E-state index in [4.69, 9.17) is 16.2 Å². The number of primary amides is 2. The van der Waals surface area contributed by atoms with Gasteiger partial charge in [0.05, 0.1) is 12.2 Å². The first-order chi connectivity index (χ1) is 15.3. The standard InChI is InChI=1S/C22H28N4O5S/c23-19(27)16-12-18(32-20(16)26-22(24)30)13-6-8-15(9-7-13)31-11-10-17(21(28)29)25-14-4-2-1-3-5-14/h6-9,12,14,17,25H,1-5,10-11H2,(H2,23,27)(H,28,29)(H3,24,26,30). The zero-order chi connectivity index (χ0) is 23.1. The molecule has 1 aliphatic rings. The Morgan fingerprint density at radius 1 is 1.12 bits per heavy atom. The van der Waals surface area contributed by atoms with E-state index in [1.807, 2.05) is 12.1 Å². The van der Waals surface area contributed by atoms with Gasteiger partial charge in [-0.3, -0.25) is 14.9 Å². The molecule has 1 saturated carbocycles. The third-order valence-corrected chi connectivity index (χ3v) is 6.49. The van der Waals surface area contributed by atoms with Gasteiger partial charge < -0.3 is 26.6 Å². The molecule has 0 saturated heterocycles. The second kappa shape index (κ2) is 11.0. The number of carbonyl (C=O) groups is 3. The number of ether oxygens (including phenoxy) is 1. The van der Waals surface area contributed by atoms with Crippen LogP contribution in [0.1, 0.15) is 48.9 Å². The number of thiophene rings is 1. The molecule has 0 bridgehead atoms. The summed E-state index contributed by atoms with van der Waals surface area (Å²) in [6.07, 6.45) is 5.89. The Hall–Kier alpha value is -3.11. The van der Waals surface area contributed by atoms with Crippen LogP contribution in [0, 0.1) is 0 Å². The first-order valence-corrected chi connectivity index (χ1v) is 11.4. The van der Waals surface area contributed by atoms with Crippen molar-refractivity contribution in [2.75, 3.05) is 11.9 Å². The number of benzene rings is 1. The van der Waals surface area contributed by atoms with Crippen LogP contribution in [0.5, 0.6) is 5.75 Å². The van der Waals surface area contributed by atoms with Crippen LogP contribution in [0.15, 0.2) is 30.3 Å². The second-order valence-electron chi connectivity index (χ2n) is 7.76. The molecule has 1 aromatic heterocycles. The molecule has 3 amide bonds. The average molecular weight is 461 g/mol. The maximum atomic E-state index is 11.6. The van der Waals surface area contributed by atoms with E-state index in [2.05, 4.69) is 10.6 Å². The molecule has 1 aromatic carbocycles. The number of carbonyl (C=O) groups excluding carboxylic acids is 2. The second-order valence-corrected chi connectivity index (χ2v) is 8.81. The van der Waals surface area contributed by atoms with Gasteiger partial charge in [0.15, 0.2) is 0 Å². The highest BCUT2D eigenvalue weighted by molar-refractivity contribution is 7.20. The molecular formula is C22H28N4O5S. The summed E-state index contributed by atoms with van der Waals surface area (Å²) in [6.45, 7) is 0.271. The summed E-state index contributed by atoms with van der Waals surface area (Å²) in [6, 6.07) is 7.62. The SMILES string of the molecule is NC(=O)Nc1sc(-c2ccc(OCCC(NC3CCCCC3)C(=O)O)cc2)cc1C(N)=O. The van der Waals surface area contributed by atoms with Gasteiger partial charge in [0.1, 0.15) is 16.8 Å². The van der Waals surface area contributed by atoms with E-state index in [0.717, 1.165) is 36.1 Å². The van der Waals surface area contributed by atoms with E-state index in [9.17, 15) is 19.5 Å². The number of carboxylic acids is 1. The van der Waals surface area contributed by atoms with Gasteiger partial charge in [-0.25, -0.2) is 4.79 Å². The van der Waals surface area contributed by atoms with Gasteiger partial charge in [-0.15, -0.1) is 11.3 Å². The number of urea groups is 1. The van der Waals surface area contributed by atoms with Gasteiger partial charge in [0.2, 0.25) is 0 Å². The van der Waals surface area contributed by atoms with E-state index < -0.39 is 23.9 Å². The molecule has 9 nitrogen and oxygen atoms in total. The molecule has 3 rings (SSSR count). The van der Waals surface area contributed by atoms with E-state index in [-0.39, 0.29) is 18.2 Å². The number of hydrogen-bond donors (Lipinski definition) is 5. The minimum Gasteiger partial charge on any atom is -0.494 e. The van der Waals surface area contributed by atoms with E-state index in [0.29, 0.717) is 17.2 Å². The summed E-state index contributed by atoms with van der Waals surface area (Å²) in [4.78, 5) is 35.1. The monoisotopic (exact) mass is 460 g/mol. The molecule has 1 heterocycles. The lowest BCUT2D eigenvalue weighted by molar-refractivity contribution is -0.140. The van der Waals surface area contributed by atoms with Crippen molar-refractivity contribution >= 4 is 34.2 Å². The molecule has 172 valence electrons. The van der Waals surface area contributed by atoms with Gasteiger partial charge in [-0.1, -0.05) is 19.3 Å². The van der Waals surface area contributed by atoms with Crippen LogP contribution in [-0.4, -0.2) is 41.7 Å². The molecule has 1 unspecified atom stereocenters. The maximum Gasteiger partial charge on any atom is 0.320 e. The molecule has 0 radical (unpaired) electrons. The van der Waals surface area contributed by atoms with Crippen molar-refractivity contribution in [3.05, 3.63) is 35.9 Å². The fraction of sp³-hybridized carbons (Fsp3) is 0.409. The quantitative estimate of drug-likeness (QED) is 0.366. The van der Waals surface area contributed by atoms with Gasteiger partial charge in [-0.05, 0) is 48.7 Å². The molecule has 0 spiro atoms. The predicted molar refractivity (Wildman–Crippen MR) is 123 cm³/mol. The van der Waals surface area contributed by atoms with Crippen molar-refractivity contribution in [3.63, 3.8) is 0 Å². The number of aliphatic carboxylic acids is 1. The molecule has 32 heavy (non-hydrogen) atoms. The third kappa shape index (κ3) is 6.44. The number of amides is 3. The van der Waals surface area contributed by atoms with Crippen LogP contribution in [-0.2, 0) is 4.79 Å². The number of nitrogens with two attached hydrogens (primary N) is 2. The first-order valence-electron chi connectivity index (χ1n) is 10.6. The number of nitrogens with one attached hydrogen (secondary N) is 2. The Bertz CT molecular complexity index is 954. The summed E-state index contributed by atoms with van der Waals surface area (Å²) < 4.78 is 5.74. The summed E-state index contributed by atoms with van der Waals surface area (Å²) >= 11 is 1.19. The van der Waals surface area contributed by atoms with Crippen LogP contribution in [0.4, 0.5) is 9.80 Å². The van der Waals surface area contributed by atoms with E-state index in [1.165, 1.54) is 17.8 Å². The largest absolute Gasteiger partial charge is 0.494 e. The van der Waals surface area contributed by atoms with Crippen molar-refractivity contribution in [2.45, 2.75) is 50.6 Å². The Morgan fingerprint density at radius 2 is 1.81 bits per heavy atom. The molecule has 1 fully saturated rings. The molecule has 7 N–H and O–H groups in total. The predicted octanol–water partition coefficient (Wildman–Crippen LogP) is 3.15. The Morgan fingerprint density at radius 3 is 2.41 bits per heavy atom. The fourth-order valence-corrected chi connectivity index (χ4v) is 4.83. The lowest BCUT2D eigenvalue weighted by atomic mass is 9.94. The van der Waals surface area contributed by atoms with Gasteiger partial charge in [-0.2, -0.15) is 0 Å². The van der Waals surface area contributed by atoms with Gasteiger partial charge in [0.25, 0.3) is 5.91 Å². The van der Waals surface area contributed by atoms with Crippen LogP contribution < -0.4 is 26.8 Å². The minimum atomic E-state index is -0.863. The number of rotatable bonds is 10. The number of hydrogen-bond acceptors (Lipinski definition) is 6. The van der Waals surface area contributed by atoms with Crippen LogP contribution >= 0.6 is 11.3 Å². The molecule has 1 aliphatic carbocycles. The zero-order valence-electron chi connectivity index (χ0n) is 17.6. The van der Waals surface area contributed by atoms with Crippen molar-refractivity contribution in [1.82, 2.24) is 5.32 Å². The van der Waals surface area contributed by atoms with Crippen LogP contribution in [0.25, 0.3) is 10.4 Å². The molecule has 0 aliphatic heterocycles. The molecular weight excluding hydrogens is 432 g/mol. The normalized spacial score (nSPS) is 15.1. The molecule has 2 aromatic rings. The maximum absolute atomic E-state index is 11.6. The van der Waals surface area contributed by atoms with Gasteiger partial charge >= 0.3 is 12.0 Å². The van der Waals surface area contributed by atoms with Gasteiger partial charge in [0, 0.05) is 17.3 Å². The number of carboxylic acid groups (broad SMARTS) is 1. The lowest BCUT2D eigenvalue weighted by Crippen LogP contribution is -2.44. The Labute approximate surface area is 190 Å². The van der Waals surface area contributed by atoms with Crippen molar-refractivity contribution in [2.24, 2.45) is 11.5 Å². The molecule has 10 heteroatoms. The lowest BCUT2D eigenvalue weighted by Gasteiger charge is -2.26.